The van der Waals surface area contributed by atoms with Gasteiger partial charge in [-0.15, -0.1) is 11.3 Å². The number of thiazole rings is 1. The highest BCUT2D eigenvalue weighted by molar-refractivity contribution is 7.13. The molecule has 2 aromatic carbocycles. The Balaban J connectivity index is 1.38. The Hall–Kier alpha value is -4.05. The molecular formula is C26H25FN4O4S. The summed E-state index contributed by atoms with van der Waals surface area (Å²) in [6.07, 6.45) is 0.528. The molecule has 0 fully saturated rings. The summed E-state index contributed by atoms with van der Waals surface area (Å²) in [5.74, 6) is 0.569. The van der Waals surface area contributed by atoms with E-state index in [4.69, 9.17) is 9.47 Å². The fraction of sp³-hybridized carbons (Fsp3) is 0.231. The van der Waals surface area contributed by atoms with Gasteiger partial charge in [-0.25, -0.2) is 14.1 Å². The van der Waals surface area contributed by atoms with E-state index in [2.05, 4.69) is 15.4 Å². The number of carbonyl (C=O) groups is 1. The summed E-state index contributed by atoms with van der Waals surface area (Å²) >= 11 is 1.50. The maximum atomic E-state index is 13.2. The van der Waals surface area contributed by atoms with E-state index < -0.39 is 11.6 Å². The Morgan fingerprint density at radius 2 is 1.78 bits per heavy atom. The van der Waals surface area contributed by atoms with Crippen molar-refractivity contribution in [2.24, 2.45) is 0 Å². The van der Waals surface area contributed by atoms with Crippen molar-refractivity contribution in [3.05, 3.63) is 81.8 Å². The molecule has 0 bridgehead atoms. The van der Waals surface area contributed by atoms with E-state index in [1.54, 1.807) is 39.3 Å². The quantitative estimate of drug-likeness (QED) is 0.366. The number of amides is 1. The van der Waals surface area contributed by atoms with Crippen LogP contribution >= 0.6 is 11.3 Å². The summed E-state index contributed by atoms with van der Waals surface area (Å²) < 4.78 is 25.0. The van der Waals surface area contributed by atoms with Gasteiger partial charge in [-0.05, 0) is 55.5 Å². The van der Waals surface area contributed by atoms with Gasteiger partial charge in [0.25, 0.3) is 5.56 Å². The third-order valence-electron chi connectivity index (χ3n) is 5.57. The second kappa shape index (κ2) is 11.1. The molecule has 1 atom stereocenters. The van der Waals surface area contributed by atoms with Gasteiger partial charge in [-0.3, -0.25) is 9.59 Å². The Kier molecular flexibility index (Phi) is 7.74. The lowest BCUT2D eigenvalue weighted by Gasteiger charge is -2.15. The van der Waals surface area contributed by atoms with Crippen molar-refractivity contribution in [2.45, 2.75) is 19.4 Å². The molecule has 1 amide bonds. The first-order valence-electron chi connectivity index (χ1n) is 11.2. The maximum absolute atomic E-state index is 13.2. The zero-order valence-electron chi connectivity index (χ0n) is 20.0. The lowest BCUT2D eigenvalue weighted by Crippen LogP contribution is -2.37. The Morgan fingerprint density at radius 1 is 1.06 bits per heavy atom. The summed E-state index contributed by atoms with van der Waals surface area (Å²) in [5.41, 5.74) is 2.47. The first-order chi connectivity index (χ1) is 17.4. The van der Waals surface area contributed by atoms with Gasteiger partial charge in [-0.2, -0.15) is 5.10 Å². The molecule has 4 aromatic rings. The van der Waals surface area contributed by atoms with Crippen LogP contribution in [-0.4, -0.2) is 41.4 Å². The minimum Gasteiger partial charge on any atom is -0.493 e. The van der Waals surface area contributed by atoms with Crippen LogP contribution in [0.25, 0.3) is 21.8 Å². The molecule has 0 saturated heterocycles. The summed E-state index contributed by atoms with van der Waals surface area (Å²) in [7, 11) is 3.17. The standard InChI is InChI=1S/C26H25FN4O4S/c1-16(31-24(32)11-9-21(30-31)17-4-7-19(27)8-5-17)25(33)28-13-12-20-15-36-26(29-20)18-6-10-22(34-2)23(14-18)35-3/h4-11,14-16H,12-13H2,1-3H3,(H,28,33). The molecule has 1 unspecified atom stereocenters. The van der Waals surface area contributed by atoms with Gasteiger partial charge < -0.3 is 14.8 Å². The minimum absolute atomic E-state index is 0.337. The van der Waals surface area contributed by atoms with Crippen LogP contribution in [0.3, 0.4) is 0 Å². The van der Waals surface area contributed by atoms with Crippen molar-refractivity contribution < 1.29 is 18.7 Å². The zero-order valence-corrected chi connectivity index (χ0v) is 20.8. The molecule has 0 aliphatic rings. The molecule has 2 aromatic heterocycles. The van der Waals surface area contributed by atoms with Crippen LogP contribution in [0.1, 0.15) is 18.7 Å². The molecule has 4 rings (SSSR count). The lowest BCUT2D eigenvalue weighted by atomic mass is 10.1. The van der Waals surface area contributed by atoms with Crippen molar-refractivity contribution in [3.63, 3.8) is 0 Å². The van der Waals surface area contributed by atoms with Crippen LogP contribution in [0.5, 0.6) is 11.5 Å². The molecule has 10 heteroatoms. The van der Waals surface area contributed by atoms with Crippen molar-refractivity contribution >= 4 is 17.2 Å². The van der Waals surface area contributed by atoms with Gasteiger partial charge in [0.1, 0.15) is 16.9 Å². The molecule has 2 heterocycles. The number of halogens is 1. The number of ether oxygens (including phenoxy) is 2. The smallest absolute Gasteiger partial charge is 0.267 e. The van der Waals surface area contributed by atoms with Gasteiger partial charge in [0.05, 0.1) is 25.6 Å². The van der Waals surface area contributed by atoms with E-state index in [1.165, 1.54) is 29.5 Å². The summed E-state index contributed by atoms with van der Waals surface area (Å²) in [6, 6.07) is 13.5. The maximum Gasteiger partial charge on any atom is 0.267 e. The van der Waals surface area contributed by atoms with E-state index in [1.807, 2.05) is 23.6 Å². The minimum atomic E-state index is -0.823. The van der Waals surface area contributed by atoms with Gasteiger partial charge in [0, 0.05) is 35.5 Å². The molecule has 0 aliphatic heterocycles. The monoisotopic (exact) mass is 508 g/mol. The number of carbonyl (C=O) groups excluding carboxylic acids is 1. The summed E-state index contributed by atoms with van der Waals surface area (Å²) in [4.78, 5) is 29.7. The highest BCUT2D eigenvalue weighted by Crippen LogP contribution is 2.33. The van der Waals surface area contributed by atoms with Crippen LogP contribution < -0.4 is 20.3 Å². The van der Waals surface area contributed by atoms with Crippen LogP contribution in [-0.2, 0) is 11.2 Å². The average Bonchev–Trinajstić information content (AvgIpc) is 3.37. The fourth-order valence-electron chi connectivity index (χ4n) is 3.57. The number of methoxy groups -OCH3 is 2. The number of hydrogen-bond acceptors (Lipinski definition) is 7. The number of nitrogens with zero attached hydrogens (tertiary/aromatic N) is 3. The molecule has 0 spiro atoms. The van der Waals surface area contributed by atoms with Crippen molar-refractivity contribution in [2.75, 3.05) is 20.8 Å². The van der Waals surface area contributed by atoms with E-state index >= 15 is 0 Å². The topological polar surface area (TPSA) is 95.3 Å². The van der Waals surface area contributed by atoms with Crippen LogP contribution in [0.4, 0.5) is 4.39 Å². The predicted octanol–water partition coefficient (Wildman–Crippen LogP) is 4.11. The lowest BCUT2D eigenvalue weighted by molar-refractivity contribution is -0.124. The van der Waals surface area contributed by atoms with Crippen molar-refractivity contribution in [1.29, 1.82) is 0 Å². The average molecular weight is 509 g/mol. The number of nitrogens with one attached hydrogen (secondary N) is 1. The van der Waals surface area contributed by atoms with Gasteiger partial charge in [0.2, 0.25) is 5.91 Å². The third-order valence-corrected chi connectivity index (χ3v) is 6.51. The molecule has 0 saturated carbocycles. The second-order valence-electron chi connectivity index (χ2n) is 7.94. The normalized spacial score (nSPS) is 11.7. The largest absolute Gasteiger partial charge is 0.493 e. The van der Waals surface area contributed by atoms with E-state index in [-0.39, 0.29) is 11.7 Å². The third kappa shape index (κ3) is 5.60. The number of rotatable bonds is 9. The first-order valence-corrected chi connectivity index (χ1v) is 12.1. The Bertz CT molecular complexity index is 1420. The fourth-order valence-corrected chi connectivity index (χ4v) is 4.42. The molecule has 36 heavy (non-hydrogen) atoms. The highest BCUT2D eigenvalue weighted by Gasteiger charge is 2.18. The summed E-state index contributed by atoms with van der Waals surface area (Å²) in [5, 5.41) is 9.94. The molecule has 8 nitrogen and oxygen atoms in total. The second-order valence-corrected chi connectivity index (χ2v) is 8.80. The van der Waals surface area contributed by atoms with Crippen LogP contribution in [0.15, 0.2) is 64.8 Å². The number of aromatic nitrogens is 3. The highest BCUT2D eigenvalue weighted by atomic mass is 32.1. The predicted molar refractivity (Wildman–Crippen MR) is 136 cm³/mol. The van der Waals surface area contributed by atoms with Crippen molar-refractivity contribution in [3.8, 4) is 33.3 Å². The number of hydrogen-bond donors (Lipinski definition) is 1. The molecular weight excluding hydrogens is 483 g/mol. The van der Waals surface area contributed by atoms with Gasteiger partial charge in [0.15, 0.2) is 11.5 Å². The number of benzene rings is 2. The van der Waals surface area contributed by atoms with E-state index in [0.717, 1.165) is 20.9 Å². The molecule has 1 N–H and O–H groups in total. The summed E-state index contributed by atoms with van der Waals surface area (Å²) in [6.45, 7) is 1.96. The van der Waals surface area contributed by atoms with Crippen LogP contribution in [0, 0.1) is 5.82 Å². The molecule has 186 valence electrons. The van der Waals surface area contributed by atoms with E-state index in [9.17, 15) is 14.0 Å². The Morgan fingerprint density at radius 3 is 2.50 bits per heavy atom. The van der Waals surface area contributed by atoms with Gasteiger partial charge in [-0.1, -0.05) is 0 Å². The van der Waals surface area contributed by atoms with Gasteiger partial charge >= 0.3 is 0 Å². The molecule has 0 aliphatic carbocycles. The molecule has 0 radical (unpaired) electrons. The SMILES string of the molecule is COc1ccc(-c2nc(CCNC(=O)C(C)n3nc(-c4ccc(F)cc4)ccc3=O)cs2)cc1OC. The Labute approximate surface area is 211 Å². The van der Waals surface area contributed by atoms with Crippen molar-refractivity contribution in [1.82, 2.24) is 20.1 Å². The van der Waals surface area contributed by atoms with Crippen LogP contribution in [0.2, 0.25) is 0 Å². The van der Waals surface area contributed by atoms with E-state index in [0.29, 0.717) is 35.7 Å². The first kappa shape index (κ1) is 25.1. The zero-order chi connectivity index (χ0) is 25.7.